The van der Waals surface area contributed by atoms with E-state index in [0.717, 1.165) is 44.9 Å². The molecular weight excluding hydrogens is 458 g/mol. The lowest BCUT2D eigenvalue weighted by molar-refractivity contribution is -0.132. The molecule has 1 aliphatic heterocycles. The molecule has 1 aromatic carbocycles. The number of piperazine rings is 1. The topological polar surface area (TPSA) is 109 Å². The molecule has 3 amide bonds. The molecule has 2 heterocycles. The van der Waals surface area contributed by atoms with Gasteiger partial charge in [0.05, 0.1) is 0 Å². The number of benzene rings is 1. The maximum atomic E-state index is 12.8. The average Bonchev–Trinajstić information content (AvgIpc) is 3.26. The summed E-state index contributed by atoms with van der Waals surface area (Å²) < 4.78 is 5.48. The minimum Gasteiger partial charge on any atom is -0.343 e. The maximum Gasteiger partial charge on any atom is 0.253 e. The van der Waals surface area contributed by atoms with Crippen LogP contribution in [-0.2, 0) is 28.0 Å². The fourth-order valence-electron chi connectivity index (χ4n) is 5.22. The lowest BCUT2D eigenvalue weighted by Crippen LogP contribution is -2.50. The van der Waals surface area contributed by atoms with Gasteiger partial charge in [-0.15, -0.1) is 0 Å². The second-order valence-corrected chi connectivity index (χ2v) is 9.91. The van der Waals surface area contributed by atoms with Crippen molar-refractivity contribution in [2.75, 3.05) is 26.2 Å². The molecule has 1 saturated heterocycles. The number of hydrogen-bond acceptors (Lipinski definition) is 6. The quantitative estimate of drug-likeness (QED) is 0.591. The van der Waals surface area contributed by atoms with Crippen molar-refractivity contribution < 1.29 is 18.9 Å². The summed E-state index contributed by atoms with van der Waals surface area (Å²) in [6, 6.07) is 7.73. The van der Waals surface area contributed by atoms with E-state index in [0.29, 0.717) is 49.9 Å². The van der Waals surface area contributed by atoms with E-state index in [-0.39, 0.29) is 24.1 Å². The van der Waals surface area contributed by atoms with Gasteiger partial charge in [-0.25, -0.2) is 0 Å². The minimum atomic E-state index is -0.589. The second-order valence-electron chi connectivity index (χ2n) is 9.91. The normalized spacial score (nSPS) is 17.9. The maximum absolute atomic E-state index is 12.8. The zero-order valence-corrected chi connectivity index (χ0v) is 21.4. The predicted molar refractivity (Wildman–Crippen MR) is 134 cm³/mol. The highest BCUT2D eigenvalue weighted by Gasteiger charge is 2.38. The van der Waals surface area contributed by atoms with Gasteiger partial charge in [0.2, 0.25) is 17.7 Å². The Labute approximate surface area is 212 Å². The highest BCUT2D eigenvalue weighted by Crippen LogP contribution is 2.34. The number of rotatable bonds is 7. The molecule has 2 aromatic rings. The Balaban J connectivity index is 1.29. The molecule has 0 bridgehead atoms. The Morgan fingerprint density at radius 3 is 2.22 bits per heavy atom. The van der Waals surface area contributed by atoms with Crippen molar-refractivity contribution in [2.24, 2.45) is 0 Å². The molecule has 9 nitrogen and oxygen atoms in total. The molecular formula is C27H37N5O4. The molecule has 36 heavy (non-hydrogen) atoms. The standard InChI is InChI=1S/C27H37N5O4/c1-3-21-8-10-22(11-9-21)25(35)32-18-16-31(17-19-32)24(34)13-12-23-28-26(30-36-23)27(29-20(2)33)14-6-4-5-7-15-27/h8-11H,3-7,12-19H2,1-2H3,(H,29,33). The Morgan fingerprint density at radius 1 is 0.972 bits per heavy atom. The first-order valence-corrected chi connectivity index (χ1v) is 13.2. The molecule has 194 valence electrons. The minimum absolute atomic E-state index is 0.00903. The van der Waals surface area contributed by atoms with E-state index < -0.39 is 5.54 Å². The average molecular weight is 496 g/mol. The molecule has 2 fully saturated rings. The van der Waals surface area contributed by atoms with Gasteiger partial charge in [-0.1, -0.05) is 49.9 Å². The van der Waals surface area contributed by atoms with Gasteiger partial charge in [-0.2, -0.15) is 4.98 Å². The molecule has 2 aliphatic rings. The number of aryl methyl sites for hydroxylation is 2. The lowest BCUT2D eigenvalue weighted by Gasteiger charge is -2.34. The van der Waals surface area contributed by atoms with E-state index >= 15 is 0 Å². The Kier molecular flexibility index (Phi) is 8.38. The van der Waals surface area contributed by atoms with Crippen LogP contribution in [0.5, 0.6) is 0 Å². The molecule has 0 radical (unpaired) electrons. The zero-order chi connectivity index (χ0) is 25.5. The first-order chi connectivity index (χ1) is 17.4. The molecule has 0 spiro atoms. The number of amides is 3. The fraction of sp³-hybridized carbons (Fsp3) is 0.593. The van der Waals surface area contributed by atoms with Crippen molar-refractivity contribution in [1.29, 1.82) is 0 Å². The third kappa shape index (κ3) is 6.12. The van der Waals surface area contributed by atoms with E-state index in [1.54, 1.807) is 4.90 Å². The van der Waals surface area contributed by atoms with Gasteiger partial charge in [-0.05, 0) is 37.0 Å². The lowest BCUT2D eigenvalue weighted by atomic mass is 9.89. The largest absolute Gasteiger partial charge is 0.343 e. The summed E-state index contributed by atoms with van der Waals surface area (Å²) in [6.45, 7) is 5.66. The summed E-state index contributed by atoms with van der Waals surface area (Å²) in [7, 11) is 0. The molecule has 0 unspecified atom stereocenters. The van der Waals surface area contributed by atoms with Crippen molar-refractivity contribution in [3.8, 4) is 0 Å². The molecule has 1 saturated carbocycles. The Hall–Kier alpha value is -3.23. The van der Waals surface area contributed by atoms with Gasteiger partial charge >= 0.3 is 0 Å². The predicted octanol–water partition coefficient (Wildman–Crippen LogP) is 3.23. The summed E-state index contributed by atoms with van der Waals surface area (Å²) in [5.41, 5.74) is 1.30. The first-order valence-electron chi connectivity index (χ1n) is 13.2. The van der Waals surface area contributed by atoms with E-state index in [1.165, 1.54) is 12.5 Å². The van der Waals surface area contributed by atoms with E-state index in [4.69, 9.17) is 4.52 Å². The van der Waals surface area contributed by atoms with Crippen molar-refractivity contribution >= 4 is 17.7 Å². The van der Waals surface area contributed by atoms with Gasteiger partial charge < -0.3 is 19.6 Å². The SMILES string of the molecule is CCc1ccc(C(=O)N2CCN(C(=O)CCc3nc(C4(NC(C)=O)CCCCCC4)no3)CC2)cc1. The molecule has 1 aliphatic carbocycles. The van der Waals surface area contributed by atoms with Gasteiger partial charge in [-0.3, -0.25) is 14.4 Å². The van der Waals surface area contributed by atoms with Crippen LogP contribution in [0.2, 0.25) is 0 Å². The van der Waals surface area contributed by atoms with Crippen LogP contribution in [0, 0.1) is 0 Å². The van der Waals surface area contributed by atoms with Gasteiger partial charge in [0.15, 0.2) is 5.82 Å². The van der Waals surface area contributed by atoms with Crippen LogP contribution in [0.25, 0.3) is 0 Å². The van der Waals surface area contributed by atoms with Crippen LogP contribution in [0.15, 0.2) is 28.8 Å². The van der Waals surface area contributed by atoms with Gasteiger partial charge in [0.25, 0.3) is 5.91 Å². The smallest absolute Gasteiger partial charge is 0.253 e. The molecule has 1 aromatic heterocycles. The summed E-state index contributed by atoms with van der Waals surface area (Å²) >= 11 is 0. The summed E-state index contributed by atoms with van der Waals surface area (Å²) in [6.07, 6.45) is 7.40. The van der Waals surface area contributed by atoms with Gasteiger partial charge in [0.1, 0.15) is 5.54 Å². The molecule has 9 heteroatoms. The monoisotopic (exact) mass is 495 g/mol. The summed E-state index contributed by atoms with van der Waals surface area (Å²) in [5, 5.41) is 7.28. The molecule has 1 N–H and O–H groups in total. The van der Waals surface area contributed by atoms with E-state index in [1.807, 2.05) is 29.2 Å². The number of nitrogens with one attached hydrogen (secondary N) is 1. The van der Waals surface area contributed by atoms with Crippen molar-refractivity contribution in [3.05, 3.63) is 47.1 Å². The number of carbonyl (C=O) groups is 3. The summed E-state index contributed by atoms with van der Waals surface area (Å²) in [5.74, 6) is 0.849. The van der Waals surface area contributed by atoms with Crippen molar-refractivity contribution in [2.45, 2.75) is 77.2 Å². The zero-order valence-electron chi connectivity index (χ0n) is 21.4. The van der Waals surface area contributed by atoms with Crippen LogP contribution < -0.4 is 5.32 Å². The van der Waals surface area contributed by atoms with Crippen molar-refractivity contribution in [3.63, 3.8) is 0 Å². The van der Waals surface area contributed by atoms with E-state index in [2.05, 4.69) is 22.4 Å². The highest BCUT2D eigenvalue weighted by molar-refractivity contribution is 5.94. The number of nitrogens with zero attached hydrogens (tertiary/aromatic N) is 4. The van der Waals surface area contributed by atoms with Crippen LogP contribution in [0.1, 0.15) is 86.4 Å². The van der Waals surface area contributed by atoms with Crippen LogP contribution >= 0.6 is 0 Å². The van der Waals surface area contributed by atoms with E-state index in [9.17, 15) is 14.4 Å². The summed E-state index contributed by atoms with van der Waals surface area (Å²) in [4.78, 5) is 45.7. The highest BCUT2D eigenvalue weighted by atomic mass is 16.5. The number of carbonyl (C=O) groups excluding carboxylic acids is 3. The Morgan fingerprint density at radius 2 is 1.61 bits per heavy atom. The first kappa shape index (κ1) is 25.9. The molecule has 4 rings (SSSR count). The fourth-order valence-corrected chi connectivity index (χ4v) is 5.22. The second kappa shape index (κ2) is 11.7. The number of aromatic nitrogens is 2. The Bertz CT molecular complexity index is 1050. The molecule has 0 atom stereocenters. The van der Waals surface area contributed by atoms with Crippen LogP contribution in [0.4, 0.5) is 0 Å². The van der Waals surface area contributed by atoms with Crippen LogP contribution in [-0.4, -0.2) is 63.8 Å². The van der Waals surface area contributed by atoms with Gasteiger partial charge in [0, 0.05) is 51.5 Å². The van der Waals surface area contributed by atoms with Crippen LogP contribution in [0.3, 0.4) is 0 Å². The third-order valence-electron chi connectivity index (χ3n) is 7.35. The van der Waals surface area contributed by atoms with Crippen molar-refractivity contribution in [1.82, 2.24) is 25.3 Å². The number of hydrogen-bond donors (Lipinski definition) is 1. The third-order valence-corrected chi connectivity index (χ3v) is 7.35.